The molecule has 12 aromatic rings. The van der Waals surface area contributed by atoms with Crippen molar-refractivity contribution in [1.29, 1.82) is 0 Å². The predicted octanol–water partition coefficient (Wildman–Crippen LogP) is 17.2. The van der Waals surface area contributed by atoms with Gasteiger partial charge in [0.1, 0.15) is 11.2 Å². The van der Waals surface area contributed by atoms with Gasteiger partial charge in [0.2, 0.25) is 0 Å². The molecule has 0 fully saturated rings. The Kier molecular flexibility index (Phi) is 8.53. The largest absolute Gasteiger partial charge is 0.456 e. The average molecular weight is 790 g/mol. The standard InChI is InChI=1S/C60H39NO/c1-3-19-51-41(12-1)14-11-24-52(51)46-17-9-15-43(36-46)44-16-10-18-50(37-44)61(48-31-26-40(27-32-48)45-30-35-60-58(38-45)56-23-7-8-25-59(56)62-60)49-33-28-42(29-34-49)57-39-47-13-2-4-20-53(47)54-21-5-6-22-55(54)57/h1-39H. The third kappa shape index (κ3) is 6.20. The Balaban J connectivity index is 0.959. The van der Waals surface area contributed by atoms with E-state index in [0.717, 1.165) is 55.7 Å². The summed E-state index contributed by atoms with van der Waals surface area (Å²) < 4.78 is 6.15. The van der Waals surface area contributed by atoms with Gasteiger partial charge in [0.15, 0.2) is 0 Å². The first-order valence-electron chi connectivity index (χ1n) is 21.2. The summed E-state index contributed by atoms with van der Waals surface area (Å²) in [6, 6.07) is 85.6. The Hall–Kier alpha value is -8.20. The van der Waals surface area contributed by atoms with Gasteiger partial charge in [-0.1, -0.05) is 170 Å². The van der Waals surface area contributed by atoms with Gasteiger partial charge in [0.05, 0.1) is 0 Å². The van der Waals surface area contributed by atoms with Crippen LogP contribution in [0.1, 0.15) is 0 Å². The molecule has 2 heteroatoms. The van der Waals surface area contributed by atoms with E-state index >= 15 is 0 Å². The van der Waals surface area contributed by atoms with Crippen LogP contribution in [0.2, 0.25) is 0 Å². The first-order chi connectivity index (χ1) is 30.7. The number of anilines is 3. The predicted molar refractivity (Wildman–Crippen MR) is 263 cm³/mol. The fourth-order valence-corrected chi connectivity index (χ4v) is 9.41. The summed E-state index contributed by atoms with van der Waals surface area (Å²) in [6.45, 7) is 0. The second-order valence-electron chi connectivity index (χ2n) is 16.1. The fraction of sp³-hybridized carbons (Fsp3) is 0. The zero-order valence-electron chi connectivity index (χ0n) is 33.9. The highest BCUT2D eigenvalue weighted by Crippen LogP contribution is 2.41. The van der Waals surface area contributed by atoms with E-state index in [1.165, 1.54) is 60.1 Å². The van der Waals surface area contributed by atoms with Gasteiger partial charge in [0, 0.05) is 27.8 Å². The van der Waals surface area contributed by atoms with Crippen molar-refractivity contribution >= 4 is 71.3 Å². The molecule has 0 bridgehead atoms. The van der Waals surface area contributed by atoms with E-state index in [1.54, 1.807) is 0 Å². The summed E-state index contributed by atoms with van der Waals surface area (Å²) in [6.07, 6.45) is 0. The van der Waals surface area contributed by atoms with Gasteiger partial charge in [-0.05, 0) is 144 Å². The quantitative estimate of drug-likeness (QED) is 0.150. The Labute approximate surface area is 360 Å². The van der Waals surface area contributed by atoms with Crippen molar-refractivity contribution < 1.29 is 4.42 Å². The molecule has 290 valence electrons. The lowest BCUT2D eigenvalue weighted by Gasteiger charge is -2.26. The molecule has 0 aliphatic carbocycles. The van der Waals surface area contributed by atoms with Crippen LogP contribution in [0.3, 0.4) is 0 Å². The van der Waals surface area contributed by atoms with E-state index in [4.69, 9.17) is 4.42 Å². The summed E-state index contributed by atoms with van der Waals surface area (Å²) in [4.78, 5) is 2.37. The van der Waals surface area contributed by atoms with Gasteiger partial charge in [-0.15, -0.1) is 0 Å². The zero-order chi connectivity index (χ0) is 41.0. The summed E-state index contributed by atoms with van der Waals surface area (Å²) in [5.41, 5.74) is 14.6. The van der Waals surface area contributed by atoms with Gasteiger partial charge >= 0.3 is 0 Å². The number of benzene rings is 11. The van der Waals surface area contributed by atoms with Crippen molar-refractivity contribution in [2.75, 3.05) is 4.90 Å². The van der Waals surface area contributed by atoms with E-state index < -0.39 is 0 Å². The normalized spacial score (nSPS) is 11.5. The van der Waals surface area contributed by atoms with Crippen LogP contribution < -0.4 is 4.90 Å². The van der Waals surface area contributed by atoms with Crippen molar-refractivity contribution in [1.82, 2.24) is 0 Å². The van der Waals surface area contributed by atoms with Crippen LogP contribution >= 0.6 is 0 Å². The van der Waals surface area contributed by atoms with E-state index in [1.807, 2.05) is 12.1 Å². The second-order valence-corrected chi connectivity index (χ2v) is 16.1. The van der Waals surface area contributed by atoms with Crippen LogP contribution in [0, 0.1) is 0 Å². The third-order valence-corrected chi connectivity index (χ3v) is 12.4. The Morgan fingerprint density at radius 1 is 0.242 bits per heavy atom. The first kappa shape index (κ1) is 35.7. The Morgan fingerprint density at radius 3 is 1.60 bits per heavy atom. The van der Waals surface area contributed by atoms with Crippen molar-refractivity contribution in [2.24, 2.45) is 0 Å². The lowest BCUT2D eigenvalue weighted by atomic mass is 9.93. The molecule has 11 aromatic carbocycles. The molecule has 1 heterocycles. The molecule has 0 unspecified atom stereocenters. The van der Waals surface area contributed by atoms with Crippen LogP contribution in [0.5, 0.6) is 0 Å². The number of hydrogen-bond donors (Lipinski definition) is 0. The molecule has 0 atom stereocenters. The van der Waals surface area contributed by atoms with Crippen molar-refractivity contribution in [3.05, 3.63) is 237 Å². The maximum atomic E-state index is 6.15. The summed E-state index contributed by atoms with van der Waals surface area (Å²) in [7, 11) is 0. The second kappa shape index (κ2) is 14.8. The molecular formula is C60H39NO. The molecule has 12 rings (SSSR count). The highest BCUT2D eigenvalue weighted by molar-refractivity contribution is 6.14. The molecule has 2 nitrogen and oxygen atoms in total. The molecule has 0 saturated carbocycles. The maximum Gasteiger partial charge on any atom is 0.135 e. The molecule has 0 saturated heterocycles. The minimum absolute atomic E-state index is 0.903. The first-order valence-corrected chi connectivity index (χ1v) is 21.2. The molecule has 1 aromatic heterocycles. The summed E-state index contributed by atoms with van der Waals surface area (Å²) in [5.74, 6) is 0. The Bertz CT molecular complexity index is 3630. The van der Waals surface area contributed by atoms with Crippen molar-refractivity contribution in [3.8, 4) is 44.5 Å². The Morgan fingerprint density at radius 2 is 0.790 bits per heavy atom. The fourth-order valence-electron chi connectivity index (χ4n) is 9.41. The van der Waals surface area contributed by atoms with Gasteiger partial charge in [0.25, 0.3) is 0 Å². The van der Waals surface area contributed by atoms with E-state index in [9.17, 15) is 0 Å². The van der Waals surface area contributed by atoms with Crippen molar-refractivity contribution in [3.63, 3.8) is 0 Å². The summed E-state index contributed by atoms with van der Waals surface area (Å²) in [5, 5.41) is 9.81. The molecular weight excluding hydrogens is 751 g/mol. The molecule has 0 radical (unpaired) electrons. The smallest absolute Gasteiger partial charge is 0.135 e. The lowest BCUT2D eigenvalue weighted by Crippen LogP contribution is -2.10. The number of furan rings is 1. The van der Waals surface area contributed by atoms with Crippen LogP contribution in [0.25, 0.3) is 98.8 Å². The van der Waals surface area contributed by atoms with Crippen LogP contribution in [0.15, 0.2) is 241 Å². The highest BCUT2D eigenvalue weighted by Gasteiger charge is 2.17. The van der Waals surface area contributed by atoms with Gasteiger partial charge < -0.3 is 9.32 Å². The number of hydrogen-bond acceptors (Lipinski definition) is 2. The lowest BCUT2D eigenvalue weighted by molar-refractivity contribution is 0.669. The maximum absolute atomic E-state index is 6.15. The molecule has 62 heavy (non-hydrogen) atoms. The highest BCUT2D eigenvalue weighted by atomic mass is 16.3. The molecule has 0 spiro atoms. The van der Waals surface area contributed by atoms with E-state index in [-0.39, 0.29) is 0 Å². The molecule has 0 N–H and O–H groups in total. The summed E-state index contributed by atoms with van der Waals surface area (Å²) >= 11 is 0. The zero-order valence-corrected chi connectivity index (χ0v) is 33.9. The monoisotopic (exact) mass is 789 g/mol. The van der Waals surface area contributed by atoms with E-state index in [0.29, 0.717) is 0 Å². The van der Waals surface area contributed by atoms with E-state index in [2.05, 4.69) is 229 Å². The molecule has 0 amide bonds. The average Bonchev–Trinajstić information content (AvgIpc) is 3.72. The van der Waals surface area contributed by atoms with Gasteiger partial charge in [-0.25, -0.2) is 0 Å². The molecule has 0 aliphatic heterocycles. The van der Waals surface area contributed by atoms with Crippen LogP contribution in [0.4, 0.5) is 17.1 Å². The van der Waals surface area contributed by atoms with Crippen LogP contribution in [-0.2, 0) is 0 Å². The third-order valence-electron chi connectivity index (χ3n) is 12.4. The minimum Gasteiger partial charge on any atom is -0.456 e. The SMILES string of the molecule is c1cc(-c2cccc(N(c3ccc(-c4ccc5oc6ccccc6c5c4)cc3)c3ccc(-c4cc5ccccc5c5ccccc45)cc3)c2)cc(-c2cccc3ccccc23)c1. The number of nitrogens with zero attached hydrogens (tertiary/aromatic N) is 1. The topological polar surface area (TPSA) is 16.4 Å². The minimum atomic E-state index is 0.903. The number of fused-ring (bicyclic) bond motifs is 7. The van der Waals surface area contributed by atoms with Crippen LogP contribution in [-0.4, -0.2) is 0 Å². The number of rotatable bonds is 7. The molecule has 0 aliphatic rings. The van der Waals surface area contributed by atoms with Gasteiger partial charge in [-0.2, -0.15) is 0 Å². The number of para-hydroxylation sites is 1. The van der Waals surface area contributed by atoms with Gasteiger partial charge in [-0.3, -0.25) is 0 Å². The van der Waals surface area contributed by atoms with Crippen molar-refractivity contribution in [2.45, 2.75) is 0 Å².